The van der Waals surface area contributed by atoms with Crippen LogP contribution < -0.4 is 0 Å². The average Bonchev–Trinajstić information content (AvgIpc) is 2.98. The molecular formula is C11H8Cl2N4O2. The summed E-state index contributed by atoms with van der Waals surface area (Å²) >= 11 is 11.9. The van der Waals surface area contributed by atoms with Crippen LogP contribution in [-0.4, -0.2) is 31.3 Å². The lowest BCUT2D eigenvalue weighted by molar-refractivity contribution is -0.138. The molecule has 2 unspecified atom stereocenters. The lowest BCUT2D eigenvalue weighted by atomic mass is 10.2. The Morgan fingerprint density at radius 3 is 2.58 bits per heavy atom. The molecule has 0 radical (unpaired) electrons. The van der Waals surface area contributed by atoms with E-state index in [2.05, 4.69) is 15.5 Å². The van der Waals surface area contributed by atoms with E-state index in [1.165, 1.54) is 4.68 Å². The van der Waals surface area contributed by atoms with Crippen molar-refractivity contribution >= 4 is 29.2 Å². The van der Waals surface area contributed by atoms with Gasteiger partial charge in [0.25, 0.3) is 0 Å². The maximum Gasteiger partial charge on any atom is 0.307 e. The Morgan fingerprint density at radius 2 is 2.00 bits per heavy atom. The summed E-state index contributed by atoms with van der Waals surface area (Å²) in [5.74, 6) is -0.890. The van der Waals surface area contributed by atoms with Crippen molar-refractivity contribution in [3.63, 3.8) is 0 Å². The predicted molar refractivity (Wildman–Crippen MR) is 67.7 cm³/mol. The first kappa shape index (κ1) is 12.4. The van der Waals surface area contributed by atoms with Crippen LogP contribution in [0.15, 0.2) is 18.2 Å². The highest BCUT2D eigenvalue weighted by Crippen LogP contribution is 2.46. The number of carboxylic acid groups (broad SMARTS) is 1. The highest BCUT2D eigenvalue weighted by molar-refractivity contribution is 6.34. The van der Waals surface area contributed by atoms with Crippen LogP contribution in [0.2, 0.25) is 10.0 Å². The maximum absolute atomic E-state index is 10.9. The fraction of sp³-hybridized carbons (Fsp3) is 0.273. The van der Waals surface area contributed by atoms with Crippen LogP contribution in [0.25, 0.3) is 5.69 Å². The van der Waals surface area contributed by atoms with Crippen molar-refractivity contribution in [2.75, 3.05) is 0 Å². The van der Waals surface area contributed by atoms with Gasteiger partial charge in [-0.3, -0.25) is 4.79 Å². The van der Waals surface area contributed by atoms with Gasteiger partial charge in [0.05, 0.1) is 11.6 Å². The predicted octanol–water partition coefficient (Wildman–Crippen LogP) is 2.16. The number of halogens is 2. The van der Waals surface area contributed by atoms with E-state index in [4.69, 9.17) is 28.3 Å². The van der Waals surface area contributed by atoms with E-state index in [1.807, 2.05) is 0 Å². The number of benzene rings is 1. The second-order valence-electron chi connectivity index (χ2n) is 4.36. The van der Waals surface area contributed by atoms with Crippen LogP contribution in [0.3, 0.4) is 0 Å². The third-order valence-corrected chi connectivity index (χ3v) is 3.46. The molecule has 19 heavy (non-hydrogen) atoms. The van der Waals surface area contributed by atoms with E-state index >= 15 is 0 Å². The Morgan fingerprint density at radius 1 is 1.32 bits per heavy atom. The number of aromatic nitrogens is 4. The van der Waals surface area contributed by atoms with Crippen LogP contribution >= 0.6 is 23.2 Å². The average molecular weight is 299 g/mol. The van der Waals surface area contributed by atoms with Gasteiger partial charge in [-0.25, -0.2) is 0 Å². The van der Waals surface area contributed by atoms with Crippen molar-refractivity contribution in [1.82, 2.24) is 20.2 Å². The number of carboxylic acids is 1. The summed E-state index contributed by atoms with van der Waals surface area (Å²) in [4.78, 5) is 10.9. The molecule has 1 aliphatic rings. The van der Waals surface area contributed by atoms with Gasteiger partial charge in [0.1, 0.15) is 0 Å². The van der Waals surface area contributed by atoms with Crippen molar-refractivity contribution in [2.45, 2.75) is 12.3 Å². The van der Waals surface area contributed by atoms with Crippen molar-refractivity contribution in [3.8, 4) is 5.69 Å². The van der Waals surface area contributed by atoms with E-state index in [9.17, 15) is 4.79 Å². The molecule has 1 saturated carbocycles. The molecule has 2 aromatic rings. The van der Waals surface area contributed by atoms with Crippen LogP contribution in [0.5, 0.6) is 0 Å². The number of carbonyl (C=O) groups is 1. The molecule has 1 heterocycles. The molecule has 0 bridgehead atoms. The number of hydrogen-bond donors (Lipinski definition) is 1. The number of hydrogen-bond acceptors (Lipinski definition) is 4. The zero-order valence-corrected chi connectivity index (χ0v) is 11.0. The summed E-state index contributed by atoms with van der Waals surface area (Å²) in [5.41, 5.74) is 0.619. The molecule has 1 aromatic carbocycles. The number of rotatable bonds is 3. The summed E-state index contributed by atoms with van der Waals surface area (Å²) in [6.45, 7) is 0. The molecule has 1 aromatic heterocycles. The Hall–Kier alpha value is -1.66. The first-order chi connectivity index (χ1) is 9.06. The Bertz CT molecular complexity index is 638. The molecule has 1 aliphatic carbocycles. The molecule has 98 valence electrons. The summed E-state index contributed by atoms with van der Waals surface area (Å²) in [5, 5.41) is 21.3. The quantitative estimate of drug-likeness (QED) is 0.939. The van der Waals surface area contributed by atoms with Crippen molar-refractivity contribution in [3.05, 3.63) is 34.1 Å². The molecule has 0 amide bonds. The lowest BCUT2D eigenvalue weighted by Gasteiger charge is -2.05. The minimum atomic E-state index is -0.830. The van der Waals surface area contributed by atoms with Crippen molar-refractivity contribution in [2.24, 2.45) is 5.92 Å². The normalized spacial score (nSPS) is 21.4. The lowest BCUT2D eigenvalue weighted by Crippen LogP contribution is -2.05. The second kappa shape index (κ2) is 4.47. The first-order valence-corrected chi connectivity index (χ1v) is 6.29. The molecule has 0 aliphatic heterocycles. The molecule has 1 fully saturated rings. The van der Waals surface area contributed by atoms with Gasteiger partial charge in [-0.15, -0.1) is 5.10 Å². The second-order valence-corrected chi connectivity index (χ2v) is 5.24. The largest absolute Gasteiger partial charge is 0.481 e. The van der Waals surface area contributed by atoms with E-state index in [1.54, 1.807) is 18.2 Å². The zero-order chi connectivity index (χ0) is 13.6. The van der Waals surface area contributed by atoms with Gasteiger partial charge in [0.15, 0.2) is 5.82 Å². The fourth-order valence-electron chi connectivity index (χ4n) is 2.02. The van der Waals surface area contributed by atoms with Gasteiger partial charge in [-0.1, -0.05) is 23.2 Å². The molecule has 1 N–H and O–H groups in total. The van der Waals surface area contributed by atoms with Crippen LogP contribution in [-0.2, 0) is 4.79 Å². The van der Waals surface area contributed by atoms with Crippen LogP contribution in [0.4, 0.5) is 0 Å². The fourth-order valence-corrected chi connectivity index (χ4v) is 2.54. The molecule has 8 heteroatoms. The molecule has 2 atom stereocenters. The minimum absolute atomic E-state index is 0.162. The van der Waals surface area contributed by atoms with E-state index in [-0.39, 0.29) is 5.92 Å². The third-order valence-electron chi connectivity index (χ3n) is 3.02. The maximum atomic E-state index is 10.9. The van der Waals surface area contributed by atoms with Gasteiger partial charge < -0.3 is 5.11 Å². The highest BCUT2D eigenvalue weighted by atomic mass is 35.5. The third kappa shape index (κ3) is 2.29. The summed E-state index contributed by atoms with van der Waals surface area (Å²) in [7, 11) is 0. The zero-order valence-electron chi connectivity index (χ0n) is 9.49. The van der Waals surface area contributed by atoms with Gasteiger partial charge in [-0.2, -0.15) is 4.68 Å². The van der Waals surface area contributed by atoms with Crippen molar-refractivity contribution < 1.29 is 9.90 Å². The standard InChI is InChI=1S/C11H8Cl2N4O2/c12-5-1-6(13)3-7(2-5)17-10(14-15-16-17)8-4-9(8)11(18)19/h1-3,8-9H,4H2,(H,18,19). The minimum Gasteiger partial charge on any atom is -0.481 e. The summed E-state index contributed by atoms with van der Waals surface area (Å²) < 4.78 is 1.48. The highest BCUT2D eigenvalue weighted by Gasteiger charge is 2.47. The summed E-state index contributed by atoms with van der Waals surface area (Å²) in [6, 6.07) is 4.95. The molecule has 0 spiro atoms. The van der Waals surface area contributed by atoms with E-state index < -0.39 is 11.9 Å². The summed E-state index contributed by atoms with van der Waals surface area (Å²) in [6.07, 6.45) is 0.546. The molecule has 6 nitrogen and oxygen atoms in total. The smallest absolute Gasteiger partial charge is 0.307 e. The van der Waals surface area contributed by atoms with Gasteiger partial charge in [-0.05, 0) is 35.0 Å². The number of nitrogens with zero attached hydrogens (tertiary/aromatic N) is 4. The number of tetrazole rings is 1. The molecular weight excluding hydrogens is 291 g/mol. The van der Waals surface area contributed by atoms with Gasteiger partial charge in [0, 0.05) is 16.0 Å². The Balaban J connectivity index is 1.99. The van der Waals surface area contributed by atoms with Gasteiger partial charge >= 0.3 is 5.97 Å². The Kier molecular flexibility index (Phi) is 2.91. The van der Waals surface area contributed by atoms with E-state index in [0.29, 0.717) is 28.0 Å². The van der Waals surface area contributed by atoms with E-state index in [0.717, 1.165) is 0 Å². The Labute approximate surface area is 117 Å². The molecule has 3 rings (SSSR count). The van der Waals surface area contributed by atoms with Crippen LogP contribution in [0, 0.1) is 5.92 Å². The SMILES string of the molecule is O=C(O)C1CC1c1nnnn1-c1cc(Cl)cc(Cl)c1. The first-order valence-electron chi connectivity index (χ1n) is 5.54. The van der Waals surface area contributed by atoms with Crippen LogP contribution in [0.1, 0.15) is 18.2 Å². The molecule has 0 saturated heterocycles. The van der Waals surface area contributed by atoms with Crippen molar-refractivity contribution in [1.29, 1.82) is 0 Å². The van der Waals surface area contributed by atoms with Gasteiger partial charge in [0.2, 0.25) is 0 Å². The topological polar surface area (TPSA) is 80.9 Å². The monoisotopic (exact) mass is 298 g/mol. The number of aliphatic carboxylic acids is 1.